The largest absolute Gasteiger partial charge is 0.463 e. The van der Waals surface area contributed by atoms with Crippen molar-refractivity contribution < 1.29 is 9.53 Å². The first kappa shape index (κ1) is 15.1. The van der Waals surface area contributed by atoms with Crippen molar-refractivity contribution in [2.24, 2.45) is 0 Å². The van der Waals surface area contributed by atoms with E-state index in [0.717, 1.165) is 34.0 Å². The maximum Gasteiger partial charge on any atom is 0.333 e. The fourth-order valence-electron chi connectivity index (χ4n) is 2.50. The summed E-state index contributed by atoms with van der Waals surface area (Å²) in [6.45, 7) is 6.08. The van der Waals surface area contributed by atoms with Crippen molar-refractivity contribution in [3.8, 4) is 0 Å². The highest BCUT2D eigenvalue weighted by atomic mass is 16.5. The first-order valence-corrected chi connectivity index (χ1v) is 7.23. The third-order valence-corrected chi connectivity index (χ3v) is 3.60. The van der Waals surface area contributed by atoms with Gasteiger partial charge in [0.1, 0.15) is 0 Å². The van der Waals surface area contributed by atoms with E-state index in [0.29, 0.717) is 12.2 Å². The van der Waals surface area contributed by atoms with Gasteiger partial charge < -0.3 is 10.5 Å². The van der Waals surface area contributed by atoms with E-state index < -0.39 is 0 Å². The van der Waals surface area contributed by atoms with Crippen molar-refractivity contribution in [2.75, 3.05) is 12.3 Å². The fraction of sp³-hybridized carbons (Fsp3) is 0.278. The van der Waals surface area contributed by atoms with Gasteiger partial charge in [0, 0.05) is 11.3 Å². The molecule has 3 nitrogen and oxygen atoms in total. The Balaban J connectivity index is 2.49. The number of allylic oxidation sites excluding steroid dienone is 1. The fourth-order valence-corrected chi connectivity index (χ4v) is 2.50. The number of hydrogen-bond acceptors (Lipinski definition) is 3. The van der Waals surface area contributed by atoms with Gasteiger partial charge in [-0.15, -0.1) is 0 Å². The highest BCUT2D eigenvalue weighted by molar-refractivity contribution is 5.98. The predicted octanol–water partition coefficient (Wildman–Crippen LogP) is 4.17. The normalized spacial score (nSPS) is 12.1. The Morgan fingerprint density at radius 2 is 1.76 bits per heavy atom. The smallest absolute Gasteiger partial charge is 0.333 e. The van der Waals surface area contributed by atoms with Gasteiger partial charge in [-0.25, -0.2) is 4.79 Å². The number of carbonyl (C=O) groups is 1. The van der Waals surface area contributed by atoms with Crippen LogP contribution in [-0.4, -0.2) is 12.6 Å². The second kappa shape index (κ2) is 6.44. The van der Waals surface area contributed by atoms with Gasteiger partial charge in [-0.05, 0) is 60.4 Å². The van der Waals surface area contributed by atoms with E-state index in [1.54, 1.807) is 0 Å². The van der Waals surface area contributed by atoms with Gasteiger partial charge in [-0.1, -0.05) is 25.1 Å². The van der Waals surface area contributed by atoms with Gasteiger partial charge in [0.25, 0.3) is 0 Å². The van der Waals surface area contributed by atoms with Crippen LogP contribution in [0.5, 0.6) is 0 Å². The average Bonchev–Trinajstić information content (AvgIpc) is 2.48. The van der Waals surface area contributed by atoms with Crippen LogP contribution in [0.4, 0.5) is 5.69 Å². The Morgan fingerprint density at radius 1 is 1.10 bits per heavy atom. The number of rotatable bonds is 4. The Labute approximate surface area is 125 Å². The molecule has 0 aliphatic rings. The molecule has 0 aliphatic heterocycles. The Kier molecular flexibility index (Phi) is 4.63. The van der Waals surface area contributed by atoms with Gasteiger partial charge in [-0.3, -0.25) is 0 Å². The molecule has 0 aromatic heterocycles. The van der Waals surface area contributed by atoms with Crippen molar-refractivity contribution >= 4 is 28.0 Å². The Bertz CT molecular complexity index is 701. The summed E-state index contributed by atoms with van der Waals surface area (Å²) in [5, 5.41) is 2.22. The molecule has 2 N–H and O–H groups in total. The molecule has 0 radical (unpaired) electrons. The summed E-state index contributed by atoms with van der Waals surface area (Å²) < 4.78 is 5.10. The van der Waals surface area contributed by atoms with Crippen LogP contribution < -0.4 is 5.73 Å². The molecule has 2 aromatic carbocycles. The van der Waals surface area contributed by atoms with Gasteiger partial charge >= 0.3 is 5.97 Å². The van der Waals surface area contributed by atoms with Crippen LogP contribution in [0.3, 0.4) is 0 Å². The van der Waals surface area contributed by atoms with Gasteiger partial charge in [0.05, 0.1) is 6.61 Å². The quantitative estimate of drug-likeness (QED) is 0.520. The van der Waals surface area contributed by atoms with Gasteiger partial charge in [0.2, 0.25) is 0 Å². The predicted molar refractivity (Wildman–Crippen MR) is 87.9 cm³/mol. The van der Waals surface area contributed by atoms with Crippen molar-refractivity contribution in [1.82, 2.24) is 0 Å². The summed E-state index contributed by atoms with van der Waals surface area (Å²) >= 11 is 0. The topological polar surface area (TPSA) is 52.3 Å². The number of anilines is 1. The van der Waals surface area contributed by atoms with Crippen LogP contribution in [0.1, 0.15) is 32.8 Å². The van der Waals surface area contributed by atoms with E-state index >= 15 is 0 Å². The molecule has 21 heavy (non-hydrogen) atoms. The number of fused-ring (bicyclic) bond motifs is 1. The summed E-state index contributed by atoms with van der Waals surface area (Å²) in [5.41, 5.74) is 9.30. The van der Waals surface area contributed by atoms with Gasteiger partial charge in [-0.2, -0.15) is 0 Å². The van der Waals surface area contributed by atoms with Crippen molar-refractivity contribution in [3.63, 3.8) is 0 Å². The van der Waals surface area contributed by atoms with Crippen LogP contribution in [0.2, 0.25) is 0 Å². The number of nitrogens with two attached hydrogens (primary N) is 1. The zero-order valence-corrected chi connectivity index (χ0v) is 12.8. The lowest BCUT2D eigenvalue weighted by Crippen LogP contribution is -2.07. The molecule has 0 fully saturated rings. The maximum absolute atomic E-state index is 11.9. The van der Waals surface area contributed by atoms with E-state index in [1.165, 1.54) is 0 Å². The zero-order chi connectivity index (χ0) is 15.4. The number of hydrogen-bond donors (Lipinski definition) is 1. The van der Waals surface area contributed by atoms with Crippen molar-refractivity contribution in [1.29, 1.82) is 0 Å². The molecule has 0 aliphatic carbocycles. The molecule has 0 saturated carbocycles. The highest BCUT2D eigenvalue weighted by Crippen LogP contribution is 2.27. The van der Waals surface area contributed by atoms with E-state index in [4.69, 9.17) is 10.5 Å². The monoisotopic (exact) mass is 283 g/mol. The van der Waals surface area contributed by atoms with Crippen LogP contribution in [0.25, 0.3) is 16.3 Å². The lowest BCUT2D eigenvalue weighted by atomic mass is 9.96. The molecule has 0 heterocycles. The van der Waals surface area contributed by atoms with Gasteiger partial charge in [0.15, 0.2) is 0 Å². The summed E-state index contributed by atoms with van der Waals surface area (Å²) in [6.07, 6.45) is 0.783. The third kappa shape index (κ3) is 3.24. The molecule has 0 unspecified atom stereocenters. The standard InChI is InChI=1S/C18H21NO2/c1-4-17(12(3)18(20)21-5-2)15-7-6-14-11-16(19)9-8-13(14)10-15/h6-11H,4-5,19H2,1-3H3/b17-12+. The molecule has 3 heteroatoms. The summed E-state index contributed by atoms with van der Waals surface area (Å²) in [6, 6.07) is 12.0. The van der Waals surface area contributed by atoms with Crippen molar-refractivity contribution in [2.45, 2.75) is 27.2 Å². The molecule has 0 amide bonds. The minimum Gasteiger partial charge on any atom is -0.463 e. The van der Waals surface area contributed by atoms with Crippen molar-refractivity contribution in [3.05, 3.63) is 47.5 Å². The number of carbonyl (C=O) groups excluding carboxylic acids is 1. The number of ether oxygens (including phenoxy) is 1. The molecule has 2 rings (SSSR count). The van der Waals surface area contributed by atoms with Crippen LogP contribution in [0.15, 0.2) is 42.0 Å². The van der Waals surface area contributed by atoms with Crippen LogP contribution >= 0.6 is 0 Å². The molecule has 0 bridgehead atoms. The zero-order valence-electron chi connectivity index (χ0n) is 12.8. The number of benzene rings is 2. The average molecular weight is 283 g/mol. The molecule has 2 aromatic rings. The van der Waals surface area contributed by atoms with E-state index in [1.807, 2.05) is 51.1 Å². The molecule has 110 valence electrons. The number of nitrogen functional groups attached to an aromatic ring is 1. The number of esters is 1. The molecule has 0 spiro atoms. The maximum atomic E-state index is 11.9. The first-order valence-electron chi connectivity index (χ1n) is 7.23. The summed E-state index contributed by atoms with van der Waals surface area (Å²) in [5.74, 6) is -0.244. The lowest BCUT2D eigenvalue weighted by Gasteiger charge is -2.11. The SMILES string of the molecule is CCOC(=O)/C(C)=C(\CC)c1ccc2cc(N)ccc2c1. The van der Waals surface area contributed by atoms with E-state index in [9.17, 15) is 4.79 Å². The summed E-state index contributed by atoms with van der Waals surface area (Å²) in [7, 11) is 0. The lowest BCUT2D eigenvalue weighted by molar-refractivity contribution is -0.138. The minimum atomic E-state index is -0.244. The van der Waals surface area contributed by atoms with Crippen LogP contribution in [-0.2, 0) is 9.53 Å². The third-order valence-electron chi connectivity index (χ3n) is 3.60. The Morgan fingerprint density at radius 3 is 2.43 bits per heavy atom. The minimum absolute atomic E-state index is 0.244. The van der Waals surface area contributed by atoms with E-state index in [-0.39, 0.29) is 5.97 Å². The Hall–Kier alpha value is -2.29. The molecule has 0 atom stereocenters. The summed E-state index contributed by atoms with van der Waals surface area (Å²) in [4.78, 5) is 11.9. The second-order valence-corrected chi connectivity index (χ2v) is 5.00. The molecular formula is C18H21NO2. The molecule has 0 saturated heterocycles. The second-order valence-electron chi connectivity index (χ2n) is 5.00. The first-order chi connectivity index (χ1) is 10.1. The molecular weight excluding hydrogens is 262 g/mol. The highest BCUT2D eigenvalue weighted by Gasteiger charge is 2.12. The van der Waals surface area contributed by atoms with E-state index in [2.05, 4.69) is 6.07 Å². The van der Waals surface area contributed by atoms with Crippen LogP contribution in [0, 0.1) is 0 Å².